The van der Waals surface area contributed by atoms with Crippen LogP contribution in [0.25, 0.3) is 0 Å². The van der Waals surface area contributed by atoms with Gasteiger partial charge in [-0.05, 0) is 43.1 Å². The van der Waals surface area contributed by atoms with E-state index in [9.17, 15) is 13.2 Å². The molecule has 1 saturated heterocycles. The number of para-hydroxylation sites is 1. The lowest BCUT2D eigenvalue weighted by molar-refractivity contribution is -0.121. The molecule has 1 amide bonds. The van der Waals surface area contributed by atoms with Gasteiger partial charge in [-0.2, -0.15) is 0 Å². The van der Waals surface area contributed by atoms with Crippen LogP contribution in [0.2, 0.25) is 0 Å². The smallest absolute Gasteiger partial charge is 0.229 e. The van der Waals surface area contributed by atoms with Gasteiger partial charge in [0.05, 0.1) is 24.4 Å². The van der Waals surface area contributed by atoms with E-state index in [1.54, 1.807) is 24.3 Å². The maximum absolute atomic E-state index is 12.8. The van der Waals surface area contributed by atoms with Crippen molar-refractivity contribution < 1.29 is 13.2 Å². The van der Waals surface area contributed by atoms with Gasteiger partial charge in [0.25, 0.3) is 0 Å². The first kappa shape index (κ1) is 20.4. The van der Waals surface area contributed by atoms with Crippen LogP contribution in [-0.2, 0) is 21.2 Å². The minimum absolute atomic E-state index is 0.0955. The molecular formula is C21H27N3O3S. The number of likely N-dealkylation sites (tertiary alicyclic amines) is 1. The summed E-state index contributed by atoms with van der Waals surface area (Å²) in [5.74, 6) is -0.129. The summed E-state index contributed by atoms with van der Waals surface area (Å²) in [6.07, 6.45) is 3.60. The van der Waals surface area contributed by atoms with Crippen molar-refractivity contribution in [3.8, 4) is 0 Å². The fourth-order valence-electron chi connectivity index (χ4n) is 3.54. The molecule has 1 aliphatic heterocycles. The molecule has 6 nitrogen and oxygen atoms in total. The number of carbonyl (C=O) groups excluding carboxylic acids is 1. The highest BCUT2D eigenvalue weighted by molar-refractivity contribution is 7.92. The van der Waals surface area contributed by atoms with Crippen LogP contribution in [0.4, 0.5) is 5.69 Å². The van der Waals surface area contributed by atoms with Gasteiger partial charge in [-0.3, -0.25) is 9.52 Å². The molecule has 1 unspecified atom stereocenters. The van der Waals surface area contributed by atoms with Crippen LogP contribution >= 0.6 is 0 Å². The SMILES string of the molecule is CS(=O)(=O)Nc1ccccc1CC(=O)NC(CN1CCCC1)c1ccccc1. The number of hydrogen-bond donors (Lipinski definition) is 2. The topological polar surface area (TPSA) is 78.5 Å². The lowest BCUT2D eigenvalue weighted by Crippen LogP contribution is -2.37. The van der Waals surface area contributed by atoms with Crippen LogP contribution in [0.3, 0.4) is 0 Å². The van der Waals surface area contributed by atoms with Crippen molar-refractivity contribution in [2.45, 2.75) is 25.3 Å². The Balaban J connectivity index is 1.72. The van der Waals surface area contributed by atoms with Crippen LogP contribution in [0.1, 0.15) is 30.0 Å². The Bertz CT molecular complexity index is 894. The van der Waals surface area contributed by atoms with Gasteiger partial charge in [0.15, 0.2) is 0 Å². The van der Waals surface area contributed by atoms with Crippen molar-refractivity contribution in [2.75, 3.05) is 30.6 Å². The van der Waals surface area contributed by atoms with Crippen LogP contribution < -0.4 is 10.0 Å². The summed E-state index contributed by atoms with van der Waals surface area (Å²) in [4.78, 5) is 15.2. The average Bonchev–Trinajstić information content (AvgIpc) is 3.15. The number of rotatable bonds is 8. The second-order valence-electron chi connectivity index (χ2n) is 7.25. The second kappa shape index (κ2) is 9.21. The highest BCUT2D eigenvalue weighted by atomic mass is 32.2. The van der Waals surface area contributed by atoms with Gasteiger partial charge < -0.3 is 10.2 Å². The molecule has 1 aliphatic rings. The van der Waals surface area contributed by atoms with E-state index in [1.807, 2.05) is 30.3 Å². The van der Waals surface area contributed by atoms with Gasteiger partial charge in [-0.25, -0.2) is 8.42 Å². The van der Waals surface area contributed by atoms with E-state index >= 15 is 0 Å². The van der Waals surface area contributed by atoms with Crippen molar-refractivity contribution in [1.29, 1.82) is 0 Å². The van der Waals surface area contributed by atoms with Crippen molar-refractivity contribution in [3.05, 3.63) is 65.7 Å². The molecule has 150 valence electrons. The number of carbonyl (C=O) groups is 1. The first-order valence-electron chi connectivity index (χ1n) is 9.53. The Labute approximate surface area is 167 Å². The molecule has 2 N–H and O–H groups in total. The molecule has 7 heteroatoms. The molecule has 28 heavy (non-hydrogen) atoms. The molecule has 0 radical (unpaired) electrons. The van der Waals surface area contributed by atoms with Crippen molar-refractivity contribution in [1.82, 2.24) is 10.2 Å². The van der Waals surface area contributed by atoms with Crippen LogP contribution in [0.5, 0.6) is 0 Å². The number of amides is 1. The Kier molecular flexibility index (Phi) is 6.70. The molecule has 0 aliphatic carbocycles. The first-order valence-corrected chi connectivity index (χ1v) is 11.4. The zero-order chi connectivity index (χ0) is 20.0. The largest absolute Gasteiger partial charge is 0.348 e. The summed E-state index contributed by atoms with van der Waals surface area (Å²) < 4.78 is 25.6. The number of hydrogen-bond acceptors (Lipinski definition) is 4. The zero-order valence-corrected chi connectivity index (χ0v) is 16.9. The number of benzene rings is 2. The van der Waals surface area contributed by atoms with Gasteiger partial charge >= 0.3 is 0 Å². The maximum atomic E-state index is 12.8. The predicted molar refractivity (Wildman–Crippen MR) is 112 cm³/mol. The predicted octanol–water partition coefficient (Wildman–Crippen LogP) is 2.55. The van der Waals surface area contributed by atoms with E-state index in [0.29, 0.717) is 11.3 Å². The summed E-state index contributed by atoms with van der Waals surface area (Å²) >= 11 is 0. The molecule has 2 aromatic carbocycles. The maximum Gasteiger partial charge on any atom is 0.229 e. The Morgan fingerprint density at radius 2 is 1.68 bits per heavy atom. The Morgan fingerprint density at radius 1 is 1.04 bits per heavy atom. The third-order valence-corrected chi connectivity index (χ3v) is 5.43. The highest BCUT2D eigenvalue weighted by Crippen LogP contribution is 2.20. The van der Waals surface area contributed by atoms with Crippen LogP contribution in [-0.4, -0.2) is 45.1 Å². The first-order chi connectivity index (χ1) is 13.4. The number of nitrogens with one attached hydrogen (secondary N) is 2. The summed E-state index contributed by atoms with van der Waals surface area (Å²) in [7, 11) is -3.41. The lowest BCUT2D eigenvalue weighted by Gasteiger charge is -2.25. The minimum atomic E-state index is -3.41. The Hall–Kier alpha value is -2.38. The van der Waals surface area contributed by atoms with Crippen molar-refractivity contribution in [3.63, 3.8) is 0 Å². The van der Waals surface area contributed by atoms with Gasteiger partial charge in [-0.15, -0.1) is 0 Å². The minimum Gasteiger partial charge on any atom is -0.348 e. The van der Waals surface area contributed by atoms with Crippen molar-refractivity contribution >= 4 is 21.6 Å². The molecule has 3 rings (SSSR count). The summed E-state index contributed by atoms with van der Waals surface area (Å²) in [6.45, 7) is 2.89. The second-order valence-corrected chi connectivity index (χ2v) is 9.00. The average molecular weight is 402 g/mol. The third-order valence-electron chi connectivity index (χ3n) is 4.84. The van der Waals surface area contributed by atoms with Crippen LogP contribution in [0, 0.1) is 0 Å². The van der Waals surface area contributed by atoms with Gasteiger partial charge in [0, 0.05) is 6.54 Å². The summed E-state index contributed by atoms with van der Waals surface area (Å²) in [5, 5.41) is 3.14. The van der Waals surface area contributed by atoms with E-state index in [0.717, 1.165) is 31.5 Å². The molecule has 0 aromatic heterocycles. The van der Waals surface area contributed by atoms with Gasteiger partial charge in [-0.1, -0.05) is 48.5 Å². The molecule has 0 spiro atoms. The molecule has 1 fully saturated rings. The van der Waals surface area contributed by atoms with Crippen LogP contribution in [0.15, 0.2) is 54.6 Å². The number of anilines is 1. The quantitative estimate of drug-likeness (QED) is 0.713. The summed E-state index contributed by atoms with van der Waals surface area (Å²) in [5.41, 5.74) is 2.17. The number of sulfonamides is 1. The molecule has 0 saturated carbocycles. The fraction of sp³-hybridized carbons (Fsp3) is 0.381. The highest BCUT2D eigenvalue weighted by Gasteiger charge is 2.21. The van der Waals surface area contributed by atoms with Gasteiger partial charge in [0.2, 0.25) is 15.9 Å². The number of nitrogens with zero attached hydrogens (tertiary/aromatic N) is 1. The summed E-state index contributed by atoms with van der Waals surface area (Å²) in [6, 6.07) is 16.9. The molecule has 1 atom stereocenters. The molecule has 2 aromatic rings. The monoisotopic (exact) mass is 401 g/mol. The normalized spacial score (nSPS) is 15.9. The zero-order valence-electron chi connectivity index (χ0n) is 16.1. The molecule has 1 heterocycles. The van der Waals surface area contributed by atoms with E-state index in [2.05, 4.69) is 14.9 Å². The van der Waals surface area contributed by atoms with E-state index in [4.69, 9.17) is 0 Å². The van der Waals surface area contributed by atoms with Gasteiger partial charge in [0.1, 0.15) is 0 Å². The molecule has 0 bridgehead atoms. The fourth-order valence-corrected chi connectivity index (χ4v) is 4.13. The molecular weight excluding hydrogens is 374 g/mol. The van der Waals surface area contributed by atoms with E-state index in [-0.39, 0.29) is 18.4 Å². The Morgan fingerprint density at radius 3 is 2.36 bits per heavy atom. The van der Waals surface area contributed by atoms with E-state index in [1.165, 1.54) is 12.8 Å². The van der Waals surface area contributed by atoms with Crippen molar-refractivity contribution in [2.24, 2.45) is 0 Å². The van der Waals surface area contributed by atoms with E-state index < -0.39 is 10.0 Å². The standard InChI is InChI=1S/C21H27N3O3S/c1-28(26,27)23-19-12-6-5-11-18(19)15-21(25)22-20(16-24-13-7-8-14-24)17-9-3-2-4-10-17/h2-6,9-12,20,23H,7-8,13-16H2,1H3,(H,22,25). The lowest BCUT2D eigenvalue weighted by atomic mass is 10.0. The third kappa shape index (κ3) is 6.07.